The number of aliphatic hydroxyl groups excluding tert-OH is 5. The summed E-state index contributed by atoms with van der Waals surface area (Å²) in [4.78, 5) is 114. The van der Waals surface area contributed by atoms with Gasteiger partial charge in [0.15, 0.2) is 23.9 Å². The van der Waals surface area contributed by atoms with E-state index < -0.39 is 186 Å². The summed E-state index contributed by atoms with van der Waals surface area (Å²) < 4.78 is 39.2. The molecule has 7 aromatic rings. The highest BCUT2D eigenvalue weighted by Gasteiger charge is 2.52. The van der Waals surface area contributed by atoms with Crippen molar-refractivity contribution in [1.82, 2.24) is 47.9 Å². The molecule has 37 heteroatoms. The summed E-state index contributed by atoms with van der Waals surface area (Å²) in [6.45, 7) is 8.37. The Bertz CT molecular complexity index is 4910. The van der Waals surface area contributed by atoms with Crippen molar-refractivity contribution < 1.29 is 108 Å². The number of carbonyl (C=O) groups is 8. The maximum absolute atomic E-state index is 14.9. The van der Waals surface area contributed by atoms with Crippen LogP contribution in [-0.2, 0) is 59.1 Å². The lowest BCUT2D eigenvalue weighted by atomic mass is 9.84. The van der Waals surface area contributed by atoms with Crippen LogP contribution in [0.1, 0.15) is 125 Å². The average molecular weight is 1750 g/mol. The number of fused-ring (bicyclic) bond motifs is 2. The fourth-order valence-corrected chi connectivity index (χ4v) is 15.0. The molecule has 0 spiro atoms. The molecule has 7 aromatic carbocycles. The fraction of sp³-hybridized carbons (Fsp3) is 0.412. The van der Waals surface area contributed by atoms with E-state index in [0.717, 1.165) is 41.0 Å². The minimum absolute atomic E-state index is 0.00442. The number of hydrogen-bond acceptors (Lipinski definition) is 26. The average Bonchev–Trinajstić information content (AvgIpc) is 0.771. The Morgan fingerprint density at radius 1 is 0.680 bits per heavy atom. The van der Waals surface area contributed by atoms with Crippen LogP contribution in [0.25, 0.3) is 22.3 Å². The van der Waals surface area contributed by atoms with Gasteiger partial charge >= 0.3 is 0 Å². The number of hydrogen-bond donors (Lipinski definition) is 20. The second-order valence-corrected chi connectivity index (χ2v) is 31.9. The van der Waals surface area contributed by atoms with Crippen LogP contribution in [0, 0.1) is 5.92 Å². The molecule has 5 aliphatic heterocycles. The lowest BCUT2D eigenvalue weighted by molar-refractivity contribution is -0.331. The molecular weight excluding hydrogens is 1650 g/mol. The Morgan fingerprint density at radius 3 is 1.93 bits per heavy atom. The van der Waals surface area contributed by atoms with Crippen LogP contribution < -0.4 is 79.3 Å². The van der Waals surface area contributed by atoms with Gasteiger partial charge in [0.25, 0.3) is 0 Å². The number of aromatic hydroxyl groups is 3. The van der Waals surface area contributed by atoms with Gasteiger partial charge in [0.2, 0.25) is 59.3 Å². The highest BCUT2D eigenvalue weighted by molar-refractivity contribution is 6.32. The van der Waals surface area contributed by atoms with Gasteiger partial charge in [0.1, 0.15) is 83.4 Å². The summed E-state index contributed by atoms with van der Waals surface area (Å²) in [5.74, 6) is -11.6. The third-order valence-corrected chi connectivity index (χ3v) is 22.0. The lowest BCUT2D eigenvalue weighted by Crippen LogP contribution is -2.65. The normalized spacial score (nSPS) is 25.2. The molecule has 10 unspecified atom stereocenters. The highest BCUT2D eigenvalue weighted by atomic mass is 35.5. The van der Waals surface area contributed by atoms with Gasteiger partial charge in [0, 0.05) is 60.9 Å². The first kappa shape index (κ1) is 93.8. The number of phenolic OH excluding ortho intramolecular Hbond substituents is 3. The highest BCUT2D eigenvalue weighted by Crippen LogP contribution is 2.48. The van der Waals surface area contributed by atoms with Crippen LogP contribution in [-0.4, -0.2) is 201 Å². The van der Waals surface area contributed by atoms with Crippen molar-refractivity contribution in [2.24, 2.45) is 23.1 Å². The monoisotopic (exact) mass is 1750 g/mol. The van der Waals surface area contributed by atoms with E-state index >= 15 is 0 Å². The standard InChI is InChI=1S/C85H103Cl3N12O22/c1-40(2)29-55(92-6)79(112)100-71-72(107)48-21-26-61(54(88)32-48)119-63-12-10-11-62(75(63)122-84-76(74(109)73(108)64(38-90)120-84)121-67-37-85(5,77(110)42(4)117-67)95-39-43-13-15-44(16-14-43)45-17-22-49(86)23-18-45)118-60-25-20-46(31-53(60)87)58(103)36-66(106)98-70(82(115)94-28-9-8-27-89)52-33-50(101)34-59(104)68(52)51-30-47(19-24-57(51)102)69(81(114)93-7)99-78(111)41(3)96-80(113)56(35-65(91)105)97-83(71)116/h10-26,30-34,40-42,55-56,58,64,67,69-74,76-77,84,92,95,101-104,107-110H,8-9,27-29,35-39,89-90H2,1-7H3,(H2,91,105)(H,93,114)(H,94,115)(H,96,113)(H,97,116)(H,98,106)(H,99,111)(H,100,112)/t41-,42?,55-,56+,58+,64?,67?,69?,70+,71-,72-,73?,74?,76?,77?,84?,85?/m1/s1. The van der Waals surface area contributed by atoms with E-state index in [1.165, 1.54) is 81.7 Å². The zero-order valence-corrected chi connectivity index (χ0v) is 70.0. The number of nitrogens with two attached hydrogens (primary N) is 3. The summed E-state index contributed by atoms with van der Waals surface area (Å²) in [7, 11) is 2.72. The predicted octanol–water partition coefficient (Wildman–Crippen LogP) is 4.97. The minimum atomic E-state index is -2.06. The van der Waals surface area contributed by atoms with Crippen molar-refractivity contribution in [3.63, 3.8) is 0 Å². The number of benzene rings is 7. The van der Waals surface area contributed by atoms with Gasteiger partial charge < -0.3 is 134 Å². The summed E-state index contributed by atoms with van der Waals surface area (Å²) in [5, 5.41) is 119. The minimum Gasteiger partial charge on any atom is -0.508 e. The van der Waals surface area contributed by atoms with Gasteiger partial charge in [-0.1, -0.05) is 109 Å². The fourth-order valence-electron chi connectivity index (χ4n) is 14.4. The van der Waals surface area contributed by atoms with Crippen molar-refractivity contribution in [2.75, 3.05) is 33.7 Å². The molecule has 656 valence electrons. The number of likely N-dealkylation sites (N-methyl/N-ethyl adjacent to an activating group) is 2. The van der Waals surface area contributed by atoms with Gasteiger partial charge in [0.05, 0.1) is 47.2 Å². The summed E-state index contributed by atoms with van der Waals surface area (Å²) in [5.41, 5.74) is 17.9. The van der Waals surface area contributed by atoms with Gasteiger partial charge in [-0.05, 0) is 165 Å². The number of nitrogens with one attached hydrogen (secondary N) is 9. The van der Waals surface area contributed by atoms with Gasteiger partial charge in [-0.3, -0.25) is 38.4 Å². The summed E-state index contributed by atoms with van der Waals surface area (Å²) in [6, 6.07) is 22.2. The van der Waals surface area contributed by atoms with E-state index in [-0.39, 0.29) is 112 Å². The Labute approximate surface area is 718 Å². The van der Waals surface area contributed by atoms with Crippen molar-refractivity contribution in [3.05, 3.63) is 176 Å². The molecule has 0 aliphatic carbocycles. The summed E-state index contributed by atoms with van der Waals surface area (Å²) in [6.07, 6.45) is -16.3. The Kier molecular flexibility index (Phi) is 32.3. The zero-order chi connectivity index (χ0) is 88.7. The van der Waals surface area contributed by atoms with Crippen LogP contribution in [0.15, 0.2) is 133 Å². The molecule has 17 atom stereocenters. The van der Waals surface area contributed by atoms with E-state index in [1.807, 2.05) is 50.2 Å². The molecule has 5 heterocycles. The molecule has 0 radical (unpaired) electrons. The van der Waals surface area contributed by atoms with E-state index in [4.69, 9.17) is 80.4 Å². The molecular formula is C85H103Cl3N12O22. The molecule has 0 saturated carbocycles. The number of aliphatic hydroxyl groups is 5. The third kappa shape index (κ3) is 23.2. The number of amides is 8. The number of carbonyl (C=O) groups excluding carboxylic acids is 8. The van der Waals surface area contributed by atoms with Crippen LogP contribution in [0.4, 0.5) is 0 Å². The van der Waals surface area contributed by atoms with Crippen LogP contribution in [0.5, 0.6) is 46.0 Å². The van der Waals surface area contributed by atoms with Crippen LogP contribution in [0.2, 0.25) is 15.1 Å². The first-order valence-electron chi connectivity index (χ1n) is 39.5. The number of halogens is 3. The topological polar surface area (TPSA) is 540 Å². The Morgan fingerprint density at radius 2 is 1.32 bits per heavy atom. The zero-order valence-electron chi connectivity index (χ0n) is 67.7. The van der Waals surface area contributed by atoms with Crippen LogP contribution in [0.3, 0.4) is 0 Å². The molecule has 8 amide bonds. The van der Waals surface area contributed by atoms with Crippen molar-refractivity contribution in [1.29, 1.82) is 0 Å². The molecule has 122 heavy (non-hydrogen) atoms. The number of ether oxygens (including phenoxy) is 6. The predicted molar refractivity (Wildman–Crippen MR) is 448 cm³/mol. The second-order valence-electron chi connectivity index (χ2n) is 30.7. The number of primary amides is 1. The molecule has 34 nitrogen and oxygen atoms in total. The summed E-state index contributed by atoms with van der Waals surface area (Å²) >= 11 is 20.3. The van der Waals surface area contributed by atoms with Crippen LogP contribution >= 0.6 is 34.8 Å². The maximum Gasteiger partial charge on any atom is 0.247 e. The molecule has 5 aliphatic rings. The molecule has 2 saturated heterocycles. The third-order valence-electron chi connectivity index (χ3n) is 21.1. The van der Waals surface area contributed by atoms with Gasteiger partial charge in [-0.2, -0.15) is 0 Å². The largest absolute Gasteiger partial charge is 0.508 e. The molecule has 8 bridgehead atoms. The maximum atomic E-state index is 14.9. The quantitative estimate of drug-likeness (QED) is 0.0398. The van der Waals surface area contributed by atoms with Gasteiger partial charge in [-0.15, -0.1) is 0 Å². The van der Waals surface area contributed by atoms with E-state index in [9.17, 15) is 79.2 Å². The van der Waals surface area contributed by atoms with E-state index in [0.29, 0.717) is 17.9 Å². The molecule has 0 aromatic heterocycles. The molecule has 23 N–H and O–H groups in total. The van der Waals surface area contributed by atoms with E-state index in [1.54, 1.807) is 26.0 Å². The molecule has 2 fully saturated rings. The smallest absolute Gasteiger partial charge is 0.247 e. The Balaban J connectivity index is 1.06. The van der Waals surface area contributed by atoms with Crippen molar-refractivity contribution in [2.45, 2.75) is 183 Å². The van der Waals surface area contributed by atoms with E-state index in [2.05, 4.69) is 47.9 Å². The van der Waals surface area contributed by atoms with Gasteiger partial charge in [-0.25, -0.2) is 0 Å². The first-order valence-corrected chi connectivity index (χ1v) is 40.6. The number of phenols is 3. The number of unbranched alkanes of at least 4 members (excludes halogenated alkanes) is 1. The number of rotatable bonds is 22. The Hall–Kier alpha value is -10.5. The first-order chi connectivity index (χ1) is 58.0. The second kappa shape index (κ2) is 42.0. The SMILES string of the molecule is CNC(=O)C1NC(=O)[C@@H](C)NC(=O)[C@H](CC(N)=O)NC(=O)[C@H](NC(=O)[C@@H](CC(C)C)NC)[C@H](O)c2ccc(c(Cl)c2)Oc2cccc(c2OC2OC(CN)C(O)C(O)C2OC2CC(C)(NCc3ccc(-c4ccc(Cl)cc4)cc3)C(O)C(C)O2)Oc2ccc(cc2Cl)[C@@H](O)CC(=O)N[C@H](C(=O)NCCCCN)c2cc(O)cc(O)c2-c2cc1ccc2O. The lowest BCUT2D eigenvalue weighted by Gasteiger charge is -2.48. The molecule has 12 rings (SSSR count). The van der Waals surface area contributed by atoms with Crippen molar-refractivity contribution >= 4 is 82.1 Å². The van der Waals surface area contributed by atoms with Crippen molar-refractivity contribution in [3.8, 4) is 68.2 Å². The number of para-hydroxylation sites is 1.